The number of rotatable bonds is 7. The molecule has 0 fully saturated rings. The van der Waals surface area contributed by atoms with Gasteiger partial charge in [-0.2, -0.15) is 5.10 Å². The van der Waals surface area contributed by atoms with Crippen molar-refractivity contribution in [2.24, 2.45) is 5.10 Å². The van der Waals surface area contributed by atoms with E-state index in [1.165, 1.54) is 11.8 Å². The van der Waals surface area contributed by atoms with Crippen molar-refractivity contribution in [2.45, 2.75) is 33.6 Å². The number of hydrogen-bond donors (Lipinski definition) is 1. The molecule has 2 aromatic rings. The number of nitrogens with one attached hydrogen (secondary N) is 1. The number of anilines is 1. The lowest BCUT2D eigenvalue weighted by Crippen LogP contribution is -2.39. The minimum absolute atomic E-state index is 0.341. The minimum atomic E-state index is -3.62. The summed E-state index contributed by atoms with van der Waals surface area (Å²) in [6.07, 6.45) is 2.61. The molecule has 2 aromatic carbocycles. The van der Waals surface area contributed by atoms with Crippen LogP contribution in [0.1, 0.15) is 42.0 Å². The summed E-state index contributed by atoms with van der Waals surface area (Å²) < 4.78 is 25.5. The number of nitrogens with zero attached hydrogens (tertiary/aromatic N) is 2. The highest BCUT2D eigenvalue weighted by Gasteiger charge is 2.22. The van der Waals surface area contributed by atoms with Gasteiger partial charge in [0.2, 0.25) is 10.0 Å². The summed E-state index contributed by atoms with van der Waals surface area (Å²) in [5.74, 6) is -0.0710. The molecule has 1 N–H and O–H groups in total. The van der Waals surface area contributed by atoms with E-state index in [2.05, 4.69) is 24.4 Å². The van der Waals surface area contributed by atoms with Crippen LogP contribution in [0, 0.1) is 13.8 Å². The highest BCUT2D eigenvalue weighted by molar-refractivity contribution is 7.92. The van der Waals surface area contributed by atoms with Crippen molar-refractivity contribution in [3.63, 3.8) is 0 Å². The van der Waals surface area contributed by atoms with Gasteiger partial charge in [-0.3, -0.25) is 9.10 Å². The Morgan fingerprint density at radius 2 is 1.79 bits per heavy atom. The van der Waals surface area contributed by atoms with Crippen molar-refractivity contribution in [1.82, 2.24) is 5.43 Å². The number of hydrogen-bond acceptors (Lipinski definition) is 4. The molecule has 0 heterocycles. The van der Waals surface area contributed by atoms with Crippen LogP contribution in [0.2, 0.25) is 0 Å². The molecule has 6 nitrogen and oxygen atoms in total. The predicted octanol–water partition coefficient (Wildman–Crippen LogP) is 3.34. The average molecular weight is 402 g/mol. The smallest absolute Gasteiger partial charge is 0.260 e. The van der Waals surface area contributed by atoms with Crippen LogP contribution >= 0.6 is 0 Å². The number of benzene rings is 2. The second-order valence-corrected chi connectivity index (χ2v) is 9.08. The lowest BCUT2D eigenvalue weighted by atomic mass is 10.0. The SMILES string of the molecule is Cc1ccc(N(CC(=O)N/N=C\c2ccc(C(C)C)cc2)S(C)(=O)=O)c(C)c1. The molecular weight excluding hydrogens is 374 g/mol. The first-order valence-electron chi connectivity index (χ1n) is 9.04. The van der Waals surface area contributed by atoms with Crippen LogP contribution in [0.5, 0.6) is 0 Å². The fraction of sp³-hybridized carbons (Fsp3) is 0.333. The van der Waals surface area contributed by atoms with E-state index in [1.807, 2.05) is 50.2 Å². The maximum atomic E-state index is 12.3. The lowest BCUT2D eigenvalue weighted by molar-refractivity contribution is -0.119. The van der Waals surface area contributed by atoms with E-state index in [4.69, 9.17) is 0 Å². The molecule has 0 aliphatic rings. The normalized spacial score (nSPS) is 11.8. The number of sulfonamides is 1. The summed E-state index contributed by atoms with van der Waals surface area (Å²) in [4.78, 5) is 12.3. The summed E-state index contributed by atoms with van der Waals surface area (Å²) in [5.41, 5.74) is 6.75. The Bertz CT molecular complexity index is 965. The van der Waals surface area contributed by atoms with Crippen LogP contribution in [-0.4, -0.2) is 33.3 Å². The fourth-order valence-electron chi connectivity index (χ4n) is 2.78. The Balaban J connectivity index is 2.08. The molecule has 28 heavy (non-hydrogen) atoms. The molecule has 0 aliphatic carbocycles. The first-order valence-corrected chi connectivity index (χ1v) is 10.9. The van der Waals surface area contributed by atoms with E-state index in [0.29, 0.717) is 11.6 Å². The molecule has 7 heteroatoms. The molecule has 0 aromatic heterocycles. The zero-order chi connectivity index (χ0) is 20.9. The zero-order valence-corrected chi connectivity index (χ0v) is 17.7. The summed E-state index contributed by atoms with van der Waals surface area (Å²) in [6, 6.07) is 13.3. The van der Waals surface area contributed by atoms with Gasteiger partial charge in [0.15, 0.2) is 0 Å². The first kappa shape index (κ1) is 21.6. The second kappa shape index (κ2) is 9.01. The topological polar surface area (TPSA) is 78.8 Å². The number of hydrazone groups is 1. The van der Waals surface area contributed by atoms with Gasteiger partial charge in [-0.1, -0.05) is 55.8 Å². The maximum absolute atomic E-state index is 12.3. The van der Waals surface area contributed by atoms with Crippen LogP contribution in [0.4, 0.5) is 5.69 Å². The largest absolute Gasteiger partial charge is 0.271 e. The molecule has 0 bridgehead atoms. The molecule has 150 valence electrons. The molecule has 0 radical (unpaired) electrons. The Labute approximate surface area is 167 Å². The minimum Gasteiger partial charge on any atom is -0.271 e. The van der Waals surface area contributed by atoms with Crippen molar-refractivity contribution in [3.8, 4) is 0 Å². The highest BCUT2D eigenvalue weighted by atomic mass is 32.2. The van der Waals surface area contributed by atoms with Crippen LogP contribution in [0.25, 0.3) is 0 Å². The van der Waals surface area contributed by atoms with Crippen LogP contribution < -0.4 is 9.73 Å². The van der Waals surface area contributed by atoms with Gasteiger partial charge in [-0.05, 0) is 42.5 Å². The summed E-state index contributed by atoms with van der Waals surface area (Å²) >= 11 is 0. The van der Waals surface area contributed by atoms with Gasteiger partial charge in [0.1, 0.15) is 6.54 Å². The van der Waals surface area contributed by atoms with E-state index >= 15 is 0 Å². The van der Waals surface area contributed by atoms with Crippen molar-refractivity contribution in [1.29, 1.82) is 0 Å². The van der Waals surface area contributed by atoms with Gasteiger partial charge in [0, 0.05) is 0 Å². The van der Waals surface area contributed by atoms with Crippen molar-refractivity contribution >= 4 is 27.8 Å². The molecule has 1 amide bonds. The predicted molar refractivity (Wildman–Crippen MR) is 114 cm³/mol. The van der Waals surface area contributed by atoms with Gasteiger partial charge in [-0.15, -0.1) is 0 Å². The third-order valence-electron chi connectivity index (χ3n) is 4.31. The van der Waals surface area contributed by atoms with Crippen molar-refractivity contribution < 1.29 is 13.2 Å². The lowest BCUT2D eigenvalue weighted by Gasteiger charge is -2.23. The van der Waals surface area contributed by atoms with Crippen LogP contribution in [0.15, 0.2) is 47.6 Å². The highest BCUT2D eigenvalue weighted by Crippen LogP contribution is 2.23. The Hall–Kier alpha value is -2.67. The molecule has 0 unspecified atom stereocenters. The van der Waals surface area contributed by atoms with Crippen LogP contribution in [-0.2, 0) is 14.8 Å². The number of carbonyl (C=O) groups excluding carboxylic acids is 1. The summed E-state index contributed by atoms with van der Waals surface area (Å²) in [5, 5.41) is 3.94. The van der Waals surface area contributed by atoms with Gasteiger partial charge in [0.05, 0.1) is 18.2 Å². The standard InChI is InChI=1S/C21H27N3O3S/c1-15(2)19-9-7-18(8-10-19)13-22-23-21(25)14-24(28(5,26)27)20-11-6-16(3)12-17(20)4/h6-13,15H,14H2,1-5H3,(H,23,25)/b22-13-. The molecule has 0 saturated carbocycles. The third-order valence-corrected chi connectivity index (χ3v) is 5.44. The fourth-order valence-corrected chi connectivity index (χ4v) is 3.69. The molecule has 0 aliphatic heterocycles. The summed E-state index contributed by atoms with van der Waals surface area (Å²) in [7, 11) is -3.62. The first-order chi connectivity index (χ1) is 13.1. The summed E-state index contributed by atoms with van der Waals surface area (Å²) in [6.45, 7) is 7.64. The number of carbonyl (C=O) groups is 1. The van der Waals surface area contributed by atoms with E-state index in [9.17, 15) is 13.2 Å². The van der Waals surface area contributed by atoms with Gasteiger partial charge in [-0.25, -0.2) is 13.8 Å². The Morgan fingerprint density at radius 3 is 2.32 bits per heavy atom. The average Bonchev–Trinajstić information content (AvgIpc) is 2.60. The second-order valence-electron chi connectivity index (χ2n) is 7.17. The molecule has 0 atom stereocenters. The maximum Gasteiger partial charge on any atom is 0.260 e. The van der Waals surface area contributed by atoms with Gasteiger partial charge >= 0.3 is 0 Å². The van der Waals surface area contributed by atoms with Gasteiger partial charge in [0.25, 0.3) is 5.91 Å². The van der Waals surface area contributed by atoms with Crippen LogP contribution in [0.3, 0.4) is 0 Å². The third kappa shape index (κ3) is 5.92. The number of aryl methyl sites for hydroxylation is 2. The Morgan fingerprint density at radius 1 is 1.14 bits per heavy atom. The van der Waals surface area contributed by atoms with E-state index in [1.54, 1.807) is 6.07 Å². The molecule has 0 saturated heterocycles. The van der Waals surface area contributed by atoms with Crippen molar-refractivity contribution in [2.75, 3.05) is 17.1 Å². The molecule has 2 rings (SSSR count). The number of amides is 1. The quantitative estimate of drug-likeness (QED) is 0.571. The molecular formula is C21H27N3O3S. The van der Waals surface area contributed by atoms with Gasteiger partial charge < -0.3 is 0 Å². The monoisotopic (exact) mass is 401 g/mol. The van der Waals surface area contributed by atoms with E-state index in [0.717, 1.165) is 27.3 Å². The molecule has 0 spiro atoms. The Kier molecular flexibility index (Phi) is 6.96. The zero-order valence-electron chi connectivity index (χ0n) is 16.9. The van der Waals surface area contributed by atoms with E-state index in [-0.39, 0.29) is 6.54 Å². The van der Waals surface area contributed by atoms with E-state index < -0.39 is 15.9 Å². The van der Waals surface area contributed by atoms with Crippen molar-refractivity contribution in [3.05, 3.63) is 64.7 Å².